The summed E-state index contributed by atoms with van der Waals surface area (Å²) in [6.07, 6.45) is 0. The first-order valence-corrected chi connectivity index (χ1v) is 16.9. The van der Waals surface area contributed by atoms with Gasteiger partial charge in [-0.2, -0.15) is 0 Å². The van der Waals surface area contributed by atoms with E-state index in [0.29, 0.717) is 0 Å². The maximum Gasteiger partial charge on any atom is 0.0640 e. The number of rotatable bonds is 3. The summed E-state index contributed by atoms with van der Waals surface area (Å²) < 4.78 is 5.24. The highest BCUT2D eigenvalue weighted by Gasteiger charge is 2.22. The molecule has 0 atom stereocenters. The molecular formula is C42H25NS2. The van der Waals surface area contributed by atoms with E-state index in [-0.39, 0.29) is 0 Å². The third-order valence-electron chi connectivity index (χ3n) is 9.23. The van der Waals surface area contributed by atoms with Crippen molar-refractivity contribution in [3.8, 4) is 0 Å². The van der Waals surface area contributed by atoms with E-state index in [1.807, 2.05) is 22.7 Å². The predicted octanol–water partition coefficient (Wildman–Crippen LogP) is 13.4. The van der Waals surface area contributed by atoms with Crippen LogP contribution in [0.4, 0.5) is 17.1 Å². The second-order valence-corrected chi connectivity index (χ2v) is 13.8. The maximum absolute atomic E-state index is 2.51. The summed E-state index contributed by atoms with van der Waals surface area (Å²) in [6.45, 7) is 0. The number of thiophene rings is 2. The first-order chi connectivity index (χ1) is 22.3. The molecule has 0 aliphatic carbocycles. The summed E-state index contributed by atoms with van der Waals surface area (Å²) in [6, 6.07) is 55.9. The number of nitrogens with zero attached hydrogens (tertiary/aromatic N) is 1. The molecule has 45 heavy (non-hydrogen) atoms. The van der Waals surface area contributed by atoms with E-state index >= 15 is 0 Å². The van der Waals surface area contributed by atoms with Crippen molar-refractivity contribution >= 4 is 112 Å². The molecule has 0 N–H and O–H groups in total. The van der Waals surface area contributed by atoms with Crippen LogP contribution < -0.4 is 4.90 Å². The van der Waals surface area contributed by atoms with E-state index in [1.165, 1.54) is 84.0 Å². The summed E-state index contributed by atoms with van der Waals surface area (Å²) in [4.78, 5) is 2.51. The summed E-state index contributed by atoms with van der Waals surface area (Å²) in [5.74, 6) is 0. The SMILES string of the molecule is c1ccc2c(c1)sc1c(N(c3ccc4c5ccccc5c5ccccc5c4c3)c3cccc4c3sc3ccccc34)cccc12. The first-order valence-electron chi connectivity index (χ1n) is 15.3. The fourth-order valence-corrected chi connectivity index (χ4v) is 9.67. The average Bonchev–Trinajstić information content (AvgIpc) is 3.68. The minimum Gasteiger partial charge on any atom is -0.308 e. The summed E-state index contributed by atoms with van der Waals surface area (Å²) in [7, 11) is 0. The van der Waals surface area contributed by atoms with Crippen molar-refractivity contribution in [1.29, 1.82) is 0 Å². The Labute approximate surface area is 267 Å². The third-order valence-corrected chi connectivity index (χ3v) is 11.7. The van der Waals surface area contributed by atoms with Crippen LogP contribution in [0.3, 0.4) is 0 Å². The van der Waals surface area contributed by atoms with Gasteiger partial charge in [0.25, 0.3) is 0 Å². The second-order valence-electron chi connectivity index (χ2n) is 11.7. The van der Waals surface area contributed by atoms with Crippen LogP contribution in [0.15, 0.2) is 152 Å². The van der Waals surface area contributed by atoms with E-state index in [9.17, 15) is 0 Å². The van der Waals surface area contributed by atoms with Crippen LogP contribution in [-0.2, 0) is 0 Å². The molecule has 0 unspecified atom stereocenters. The van der Waals surface area contributed by atoms with Crippen LogP contribution in [0.1, 0.15) is 0 Å². The fraction of sp³-hybridized carbons (Fsp3) is 0. The first kappa shape index (κ1) is 25.1. The van der Waals surface area contributed by atoms with Gasteiger partial charge in [-0.25, -0.2) is 0 Å². The Morgan fingerprint density at radius 3 is 1.22 bits per heavy atom. The highest BCUT2D eigenvalue weighted by atomic mass is 32.1. The van der Waals surface area contributed by atoms with E-state index < -0.39 is 0 Å². The molecular weight excluding hydrogens is 583 g/mol. The third kappa shape index (κ3) is 3.66. The van der Waals surface area contributed by atoms with Gasteiger partial charge in [-0.1, -0.05) is 115 Å². The molecule has 0 radical (unpaired) electrons. The van der Waals surface area contributed by atoms with Gasteiger partial charge in [0.1, 0.15) is 0 Å². The number of hydrogen-bond donors (Lipinski definition) is 0. The minimum absolute atomic E-state index is 1.16. The molecule has 2 heterocycles. The standard InChI is InChI=1S/C42H25NS2/c1-2-13-29-27(11-1)28-12-3-4-14-30(28)36-25-26(23-24-31(29)36)43(37-19-9-17-34-32-15-5-7-21-39(32)44-41(34)37)38-20-10-18-35-33-16-6-8-22-40(33)45-42(35)38/h1-25H. The molecule has 10 rings (SSSR count). The molecule has 1 nitrogen and oxygen atoms in total. The van der Waals surface area contributed by atoms with Crippen molar-refractivity contribution in [2.24, 2.45) is 0 Å². The Hall–Kier alpha value is -5.22. The molecule has 0 fully saturated rings. The highest BCUT2D eigenvalue weighted by molar-refractivity contribution is 7.27. The lowest BCUT2D eigenvalue weighted by Gasteiger charge is -2.27. The minimum atomic E-state index is 1.16. The second kappa shape index (κ2) is 9.64. The van der Waals surface area contributed by atoms with Gasteiger partial charge in [0, 0.05) is 36.6 Å². The Morgan fingerprint density at radius 1 is 0.311 bits per heavy atom. The van der Waals surface area contributed by atoms with Crippen molar-refractivity contribution in [3.63, 3.8) is 0 Å². The quantitative estimate of drug-likeness (QED) is 0.181. The molecule has 0 saturated carbocycles. The van der Waals surface area contributed by atoms with Crippen LogP contribution in [0.5, 0.6) is 0 Å². The van der Waals surface area contributed by atoms with Gasteiger partial charge >= 0.3 is 0 Å². The van der Waals surface area contributed by atoms with Crippen LogP contribution >= 0.6 is 22.7 Å². The maximum atomic E-state index is 2.51. The zero-order chi connectivity index (χ0) is 29.5. The van der Waals surface area contributed by atoms with Gasteiger partial charge in [0.15, 0.2) is 0 Å². The van der Waals surface area contributed by atoms with Crippen LogP contribution in [0.25, 0.3) is 72.7 Å². The van der Waals surface area contributed by atoms with Crippen molar-refractivity contribution in [3.05, 3.63) is 152 Å². The van der Waals surface area contributed by atoms with E-state index in [4.69, 9.17) is 0 Å². The van der Waals surface area contributed by atoms with Crippen molar-refractivity contribution in [1.82, 2.24) is 0 Å². The predicted molar refractivity (Wildman–Crippen MR) is 199 cm³/mol. The number of fused-ring (bicyclic) bond motifs is 12. The molecule has 3 heteroatoms. The molecule has 10 aromatic rings. The van der Waals surface area contributed by atoms with Crippen LogP contribution in [-0.4, -0.2) is 0 Å². The number of anilines is 3. The molecule has 0 bridgehead atoms. The lowest BCUT2D eigenvalue weighted by atomic mass is 9.94. The molecule has 8 aromatic carbocycles. The lowest BCUT2D eigenvalue weighted by molar-refractivity contribution is 1.33. The van der Waals surface area contributed by atoms with E-state index in [0.717, 1.165) is 5.69 Å². The zero-order valence-corrected chi connectivity index (χ0v) is 25.8. The fourth-order valence-electron chi connectivity index (χ4n) is 7.26. The van der Waals surface area contributed by atoms with Crippen molar-refractivity contribution < 1.29 is 0 Å². The van der Waals surface area contributed by atoms with Gasteiger partial charge < -0.3 is 4.90 Å². The van der Waals surface area contributed by atoms with Crippen LogP contribution in [0, 0.1) is 0 Å². The average molecular weight is 608 g/mol. The Kier molecular flexibility index (Phi) is 5.39. The summed E-state index contributed by atoms with van der Waals surface area (Å²) in [5.41, 5.74) is 3.59. The molecule has 0 aliphatic rings. The largest absolute Gasteiger partial charge is 0.308 e. The Morgan fingerprint density at radius 2 is 0.711 bits per heavy atom. The molecule has 0 amide bonds. The Bertz CT molecular complexity index is 2630. The van der Waals surface area contributed by atoms with Crippen LogP contribution in [0.2, 0.25) is 0 Å². The van der Waals surface area contributed by atoms with Gasteiger partial charge in [-0.05, 0) is 68.7 Å². The highest BCUT2D eigenvalue weighted by Crippen LogP contribution is 2.49. The topological polar surface area (TPSA) is 3.24 Å². The number of hydrogen-bond acceptors (Lipinski definition) is 3. The molecule has 0 spiro atoms. The molecule has 0 saturated heterocycles. The normalized spacial score (nSPS) is 12.0. The summed E-state index contributed by atoms with van der Waals surface area (Å²) >= 11 is 3.77. The van der Waals surface area contributed by atoms with Gasteiger partial charge in [0.2, 0.25) is 0 Å². The molecule has 210 valence electrons. The lowest BCUT2D eigenvalue weighted by Crippen LogP contribution is -2.10. The molecule has 2 aromatic heterocycles. The smallest absolute Gasteiger partial charge is 0.0640 e. The van der Waals surface area contributed by atoms with Gasteiger partial charge in [0.05, 0.1) is 20.8 Å². The number of benzene rings is 8. The monoisotopic (exact) mass is 607 g/mol. The molecule has 0 aliphatic heterocycles. The zero-order valence-electron chi connectivity index (χ0n) is 24.2. The van der Waals surface area contributed by atoms with Gasteiger partial charge in [-0.3, -0.25) is 0 Å². The van der Waals surface area contributed by atoms with E-state index in [1.54, 1.807) is 0 Å². The van der Waals surface area contributed by atoms with E-state index in [2.05, 4.69) is 157 Å². The van der Waals surface area contributed by atoms with Crippen molar-refractivity contribution in [2.75, 3.05) is 4.90 Å². The summed E-state index contributed by atoms with van der Waals surface area (Å²) in [5, 5.41) is 13.0. The van der Waals surface area contributed by atoms with Gasteiger partial charge in [-0.15, -0.1) is 22.7 Å². The Balaban J connectivity index is 1.34. The van der Waals surface area contributed by atoms with Crippen molar-refractivity contribution in [2.45, 2.75) is 0 Å².